The fourth-order valence-electron chi connectivity index (χ4n) is 2.92. The molecule has 0 aliphatic rings. The van der Waals surface area contributed by atoms with Crippen molar-refractivity contribution in [1.82, 2.24) is 9.78 Å². The number of rotatable bonds is 4. The van der Waals surface area contributed by atoms with Gasteiger partial charge in [0.1, 0.15) is 17.1 Å². The summed E-state index contributed by atoms with van der Waals surface area (Å²) in [5, 5.41) is 5.41. The number of halogens is 1. The third kappa shape index (κ3) is 3.22. The molecule has 4 aromatic rings. The van der Waals surface area contributed by atoms with Gasteiger partial charge in [0.05, 0.1) is 0 Å². The van der Waals surface area contributed by atoms with Gasteiger partial charge in [0.25, 0.3) is 0 Å². The molecule has 0 N–H and O–H groups in total. The second-order valence-corrected chi connectivity index (χ2v) is 6.37. The van der Waals surface area contributed by atoms with Gasteiger partial charge >= 0.3 is 0 Å². The second-order valence-electron chi connectivity index (χ2n) is 5.94. The van der Waals surface area contributed by atoms with Crippen LogP contribution in [0.15, 0.2) is 84.9 Å². The Kier molecular flexibility index (Phi) is 4.46. The van der Waals surface area contributed by atoms with Crippen LogP contribution < -0.4 is 4.74 Å². The van der Waals surface area contributed by atoms with Gasteiger partial charge in [-0.2, -0.15) is 5.10 Å². The lowest BCUT2D eigenvalue weighted by atomic mass is 10.1. The second kappa shape index (κ2) is 7.06. The molecular formula is C22H17ClN2O. The first-order valence-corrected chi connectivity index (χ1v) is 8.71. The maximum atomic E-state index is 6.28. The van der Waals surface area contributed by atoms with E-state index in [1.54, 1.807) is 0 Å². The zero-order chi connectivity index (χ0) is 17.9. The number of hydrogen-bond acceptors (Lipinski definition) is 2. The number of benzene rings is 3. The van der Waals surface area contributed by atoms with Crippen LogP contribution >= 0.6 is 11.6 Å². The van der Waals surface area contributed by atoms with Crippen molar-refractivity contribution in [1.29, 1.82) is 0 Å². The van der Waals surface area contributed by atoms with Gasteiger partial charge in [0, 0.05) is 23.2 Å². The highest BCUT2D eigenvalue weighted by molar-refractivity contribution is 6.30. The summed E-state index contributed by atoms with van der Waals surface area (Å²) in [6.07, 6.45) is 0. The molecule has 0 fully saturated rings. The monoisotopic (exact) mass is 360 g/mol. The Labute approximate surface area is 157 Å². The van der Waals surface area contributed by atoms with E-state index in [0.717, 1.165) is 34.0 Å². The standard InChI is InChI=1S/C22H17ClN2O/c1-25-21(17-10-6-3-7-11-17)22(26-19-14-12-18(23)13-15-19)20(24-25)16-8-4-2-5-9-16/h2-15H,1H3. The van der Waals surface area contributed by atoms with Gasteiger partial charge in [-0.3, -0.25) is 4.68 Å². The lowest BCUT2D eigenvalue weighted by Gasteiger charge is -2.10. The molecule has 4 rings (SSSR count). The summed E-state index contributed by atoms with van der Waals surface area (Å²) in [7, 11) is 1.93. The summed E-state index contributed by atoms with van der Waals surface area (Å²) in [6.45, 7) is 0. The molecule has 1 heterocycles. The van der Waals surface area contributed by atoms with Crippen LogP contribution in [0.5, 0.6) is 11.5 Å². The molecule has 0 aliphatic carbocycles. The predicted octanol–water partition coefficient (Wildman–Crippen LogP) is 6.20. The summed E-state index contributed by atoms with van der Waals surface area (Å²) in [4.78, 5) is 0. The molecule has 0 radical (unpaired) electrons. The molecule has 3 aromatic carbocycles. The Balaban J connectivity index is 1.89. The molecule has 0 unspecified atom stereocenters. The van der Waals surface area contributed by atoms with Gasteiger partial charge in [0.15, 0.2) is 5.75 Å². The van der Waals surface area contributed by atoms with Gasteiger partial charge in [-0.25, -0.2) is 0 Å². The van der Waals surface area contributed by atoms with Crippen molar-refractivity contribution < 1.29 is 4.74 Å². The van der Waals surface area contributed by atoms with Crippen molar-refractivity contribution in [3.8, 4) is 34.0 Å². The minimum Gasteiger partial charge on any atom is -0.453 e. The van der Waals surface area contributed by atoms with Crippen LogP contribution in [-0.4, -0.2) is 9.78 Å². The fraction of sp³-hybridized carbons (Fsp3) is 0.0455. The Morgan fingerprint density at radius 2 is 1.35 bits per heavy atom. The van der Waals surface area contributed by atoms with Crippen LogP contribution in [0.2, 0.25) is 5.02 Å². The SMILES string of the molecule is Cn1nc(-c2ccccc2)c(Oc2ccc(Cl)cc2)c1-c1ccccc1. The van der Waals surface area contributed by atoms with Crippen LogP contribution in [0.4, 0.5) is 0 Å². The van der Waals surface area contributed by atoms with E-state index in [2.05, 4.69) is 12.1 Å². The van der Waals surface area contributed by atoms with E-state index < -0.39 is 0 Å². The highest BCUT2D eigenvalue weighted by Crippen LogP contribution is 2.41. The molecule has 0 bridgehead atoms. The molecule has 0 spiro atoms. The molecule has 0 saturated carbocycles. The first kappa shape index (κ1) is 16.4. The van der Waals surface area contributed by atoms with E-state index in [4.69, 9.17) is 21.4 Å². The number of hydrogen-bond donors (Lipinski definition) is 0. The molecule has 0 atom stereocenters. The first-order chi connectivity index (χ1) is 12.7. The van der Waals surface area contributed by atoms with Gasteiger partial charge in [0.2, 0.25) is 0 Å². The maximum absolute atomic E-state index is 6.28. The number of nitrogens with zero attached hydrogens (tertiary/aromatic N) is 2. The van der Waals surface area contributed by atoms with Gasteiger partial charge in [-0.15, -0.1) is 0 Å². The van der Waals surface area contributed by atoms with E-state index >= 15 is 0 Å². The average molecular weight is 361 g/mol. The van der Waals surface area contributed by atoms with Crippen LogP contribution in [0.1, 0.15) is 0 Å². The van der Waals surface area contributed by atoms with Crippen molar-refractivity contribution in [3.63, 3.8) is 0 Å². The first-order valence-electron chi connectivity index (χ1n) is 8.33. The van der Waals surface area contributed by atoms with Crippen molar-refractivity contribution in [2.45, 2.75) is 0 Å². The Hall–Kier alpha value is -3.04. The summed E-state index contributed by atoms with van der Waals surface area (Å²) in [5.41, 5.74) is 3.80. The molecule has 0 saturated heterocycles. The molecular weight excluding hydrogens is 344 g/mol. The van der Waals surface area contributed by atoms with Crippen LogP contribution in [0.25, 0.3) is 22.5 Å². The third-order valence-corrected chi connectivity index (χ3v) is 4.38. The normalized spacial score (nSPS) is 10.7. The Morgan fingerprint density at radius 1 is 0.769 bits per heavy atom. The van der Waals surface area contributed by atoms with Crippen LogP contribution in [0.3, 0.4) is 0 Å². The number of aromatic nitrogens is 2. The van der Waals surface area contributed by atoms with Crippen LogP contribution in [0, 0.1) is 0 Å². The predicted molar refractivity (Wildman–Crippen MR) is 106 cm³/mol. The molecule has 128 valence electrons. The average Bonchev–Trinajstić information content (AvgIpc) is 3.01. The van der Waals surface area contributed by atoms with E-state index in [0.29, 0.717) is 5.02 Å². The number of aryl methyl sites for hydroxylation is 1. The minimum absolute atomic E-state index is 0.676. The van der Waals surface area contributed by atoms with E-state index in [1.807, 2.05) is 84.5 Å². The van der Waals surface area contributed by atoms with Crippen molar-refractivity contribution in [2.24, 2.45) is 7.05 Å². The van der Waals surface area contributed by atoms with E-state index in [1.165, 1.54) is 0 Å². The van der Waals surface area contributed by atoms with E-state index in [-0.39, 0.29) is 0 Å². The third-order valence-electron chi connectivity index (χ3n) is 4.13. The molecule has 0 amide bonds. The van der Waals surface area contributed by atoms with Gasteiger partial charge in [-0.1, -0.05) is 72.3 Å². The summed E-state index contributed by atoms with van der Waals surface area (Å²) >= 11 is 6.00. The fourth-order valence-corrected chi connectivity index (χ4v) is 3.05. The minimum atomic E-state index is 0.676. The van der Waals surface area contributed by atoms with Crippen LogP contribution in [-0.2, 0) is 7.05 Å². The lowest BCUT2D eigenvalue weighted by Crippen LogP contribution is -1.94. The largest absolute Gasteiger partial charge is 0.453 e. The van der Waals surface area contributed by atoms with Crippen molar-refractivity contribution >= 4 is 11.6 Å². The zero-order valence-corrected chi connectivity index (χ0v) is 15.0. The lowest BCUT2D eigenvalue weighted by molar-refractivity contribution is 0.485. The molecule has 4 heteroatoms. The topological polar surface area (TPSA) is 27.1 Å². The summed E-state index contributed by atoms with van der Waals surface area (Å²) in [6, 6.07) is 27.5. The smallest absolute Gasteiger partial charge is 0.181 e. The Morgan fingerprint density at radius 3 is 1.96 bits per heavy atom. The molecule has 26 heavy (non-hydrogen) atoms. The summed E-state index contributed by atoms with van der Waals surface area (Å²) in [5.74, 6) is 1.45. The molecule has 0 aliphatic heterocycles. The Bertz CT molecular complexity index is 1010. The van der Waals surface area contributed by atoms with Gasteiger partial charge in [-0.05, 0) is 24.3 Å². The number of ether oxygens (including phenoxy) is 1. The maximum Gasteiger partial charge on any atom is 0.181 e. The quantitative estimate of drug-likeness (QED) is 0.433. The summed E-state index contributed by atoms with van der Waals surface area (Å²) < 4.78 is 8.15. The highest BCUT2D eigenvalue weighted by Gasteiger charge is 2.21. The highest BCUT2D eigenvalue weighted by atomic mass is 35.5. The molecule has 1 aromatic heterocycles. The van der Waals surface area contributed by atoms with E-state index in [9.17, 15) is 0 Å². The van der Waals surface area contributed by atoms with Crippen molar-refractivity contribution in [3.05, 3.63) is 90.0 Å². The van der Waals surface area contributed by atoms with Crippen molar-refractivity contribution in [2.75, 3.05) is 0 Å². The van der Waals surface area contributed by atoms with Gasteiger partial charge < -0.3 is 4.74 Å². The zero-order valence-electron chi connectivity index (χ0n) is 14.3. The molecule has 3 nitrogen and oxygen atoms in total.